The zero-order valence-corrected chi connectivity index (χ0v) is 8.84. The Kier molecular flexibility index (Phi) is 3.13. The van der Waals surface area contributed by atoms with E-state index in [1.807, 2.05) is 6.92 Å². The van der Waals surface area contributed by atoms with Crippen molar-refractivity contribution in [1.29, 1.82) is 0 Å². The largest absolute Gasteiger partial charge is 0.495 e. The minimum Gasteiger partial charge on any atom is -0.495 e. The first-order chi connectivity index (χ1) is 6.49. The van der Waals surface area contributed by atoms with Crippen molar-refractivity contribution in [2.24, 2.45) is 0 Å². The molecule has 78 valence electrons. The normalized spacial score (nSPS) is 11.4. The van der Waals surface area contributed by atoms with Gasteiger partial charge < -0.3 is 4.74 Å². The minimum absolute atomic E-state index is 0.173. The molecule has 0 unspecified atom stereocenters. The van der Waals surface area contributed by atoms with E-state index in [0.29, 0.717) is 0 Å². The van der Waals surface area contributed by atoms with Crippen LogP contribution in [0.4, 0.5) is 0 Å². The fourth-order valence-corrected chi connectivity index (χ4v) is 1.78. The minimum atomic E-state index is -4.20. The van der Waals surface area contributed by atoms with E-state index >= 15 is 0 Å². The second kappa shape index (κ2) is 3.98. The maximum absolute atomic E-state index is 10.9. The number of benzene rings is 1. The van der Waals surface area contributed by atoms with Gasteiger partial charge in [-0.05, 0) is 24.1 Å². The van der Waals surface area contributed by atoms with E-state index in [4.69, 9.17) is 9.29 Å². The molecule has 0 atom stereocenters. The van der Waals surface area contributed by atoms with Crippen molar-refractivity contribution in [3.63, 3.8) is 0 Å². The van der Waals surface area contributed by atoms with Crippen molar-refractivity contribution in [1.82, 2.24) is 0 Å². The predicted molar refractivity (Wildman–Crippen MR) is 52.2 cm³/mol. The highest BCUT2D eigenvalue weighted by atomic mass is 32.2. The lowest BCUT2D eigenvalue weighted by Gasteiger charge is -2.07. The summed E-state index contributed by atoms with van der Waals surface area (Å²) >= 11 is 0. The second-order valence-corrected chi connectivity index (χ2v) is 4.20. The fourth-order valence-electron chi connectivity index (χ4n) is 1.15. The Morgan fingerprint density at radius 2 is 2.07 bits per heavy atom. The molecule has 1 rings (SSSR count). The maximum Gasteiger partial charge on any atom is 0.298 e. The van der Waals surface area contributed by atoms with Crippen LogP contribution in [0.5, 0.6) is 5.75 Å². The van der Waals surface area contributed by atoms with Gasteiger partial charge in [0.1, 0.15) is 10.6 Å². The van der Waals surface area contributed by atoms with Crippen LogP contribution in [0.25, 0.3) is 0 Å². The van der Waals surface area contributed by atoms with Gasteiger partial charge >= 0.3 is 0 Å². The molecule has 0 amide bonds. The molecular weight excluding hydrogens is 204 g/mol. The standard InChI is InChI=1S/C9H12O4S/c1-3-7-4-5-9(14(10,11)12)8(6-7)13-2/h4-6H,3H2,1-2H3,(H,10,11,12). The highest BCUT2D eigenvalue weighted by Gasteiger charge is 2.15. The molecule has 0 aromatic heterocycles. The van der Waals surface area contributed by atoms with E-state index < -0.39 is 10.1 Å². The Bertz CT molecular complexity index is 422. The van der Waals surface area contributed by atoms with Crippen molar-refractivity contribution in [2.45, 2.75) is 18.2 Å². The molecule has 0 heterocycles. The summed E-state index contributed by atoms with van der Waals surface area (Å²) in [5.74, 6) is 0.173. The highest BCUT2D eigenvalue weighted by Crippen LogP contribution is 2.24. The van der Waals surface area contributed by atoms with Crippen molar-refractivity contribution >= 4 is 10.1 Å². The zero-order valence-electron chi connectivity index (χ0n) is 8.02. The van der Waals surface area contributed by atoms with Gasteiger partial charge in [0.15, 0.2) is 0 Å². The SMILES string of the molecule is CCc1ccc(S(=O)(=O)O)c(OC)c1. The van der Waals surface area contributed by atoms with Crippen LogP contribution in [0.1, 0.15) is 12.5 Å². The van der Waals surface area contributed by atoms with Crippen LogP contribution >= 0.6 is 0 Å². The highest BCUT2D eigenvalue weighted by molar-refractivity contribution is 7.86. The van der Waals surface area contributed by atoms with Gasteiger partial charge in [-0.2, -0.15) is 8.42 Å². The summed E-state index contributed by atoms with van der Waals surface area (Å²) in [4.78, 5) is -0.197. The number of hydrogen-bond donors (Lipinski definition) is 1. The summed E-state index contributed by atoms with van der Waals surface area (Å²) in [7, 11) is -2.83. The van der Waals surface area contributed by atoms with Gasteiger partial charge in [-0.3, -0.25) is 4.55 Å². The molecule has 0 saturated heterocycles. The summed E-state index contributed by atoms with van der Waals surface area (Å²) in [6, 6.07) is 4.59. The van der Waals surface area contributed by atoms with Gasteiger partial charge in [0.2, 0.25) is 0 Å². The van der Waals surface area contributed by atoms with Crippen LogP contribution in [0.15, 0.2) is 23.1 Å². The molecule has 0 radical (unpaired) electrons. The average molecular weight is 216 g/mol. The Balaban J connectivity index is 3.33. The number of rotatable bonds is 3. The van der Waals surface area contributed by atoms with E-state index in [1.165, 1.54) is 13.2 Å². The molecule has 0 aliphatic rings. The summed E-state index contributed by atoms with van der Waals surface area (Å²) in [6.07, 6.45) is 0.780. The Morgan fingerprint density at radius 1 is 1.43 bits per heavy atom. The van der Waals surface area contributed by atoms with Gasteiger partial charge in [0.05, 0.1) is 7.11 Å². The van der Waals surface area contributed by atoms with E-state index in [9.17, 15) is 8.42 Å². The van der Waals surface area contributed by atoms with Crippen molar-refractivity contribution in [3.05, 3.63) is 23.8 Å². The summed E-state index contributed by atoms with van der Waals surface area (Å²) < 4.78 is 35.5. The molecule has 0 bridgehead atoms. The molecule has 0 aliphatic carbocycles. The summed E-state index contributed by atoms with van der Waals surface area (Å²) in [5.41, 5.74) is 0.953. The van der Waals surface area contributed by atoms with Crippen LogP contribution in [-0.4, -0.2) is 20.1 Å². The quantitative estimate of drug-likeness (QED) is 0.778. The van der Waals surface area contributed by atoms with Crippen LogP contribution in [0.3, 0.4) is 0 Å². The molecule has 0 saturated carbocycles. The van der Waals surface area contributed by atoms with Crippen molar-refractivity contribution in [2.75, 3.05) is 7.11 Å². The van der Waals surface area contributed by atoms with E-state index in [-0.39, 0.29) is 10.6 Å². The Labute approximate surface area is 83.3 Å². The lowest BCUT2D eigenvalue weighted by Crippen LogP contribution is -2.01. The summed E-state index contributed by atoms with van der Waals surface area (Å²) in [5, 5.41) is 0. The van der Waals surface area contributed by atoms with Crippen LogP contribution in [0.2, 0.25) is 0 Å². The van der Waals surface area contributed by atoms with Gasteiger partial charge in [0, 0.05) is 0 Å². The summed E-state index contributed by atoms with van der Waals surface area (Å²) in [6.45, 7) is 1.95. The molecular formula is C9H12O4S. The van der Waals surface area contributed by atoms with E-state index in [1.54, 1.807) is 12.1 Å². The van der Waals surface area contributed by atoms with Crippen LogP contribution in [-0.2, 0) is 16.5 Å². The van der Waals surface area contributed by atoms with Gasteiger partial charge in [-0.25, -0.2) is 0 Å². The van der Waals surface area contributed by atoms with Gasteiger partial charge in [-0.1, -0.05) is 13.0 Å². The lowest BCUT2D eigenvalue weighted by atomic mass is 10.2. The molecule has 4 nitrogen and oxygen atoms in total. The van der Waals surface area contributed by atoms with Crippen LogP contribution in [0, 0.1) is 0 Å². The van der Waals surface area contributed by atoms with Gasteiger partial charge in [-0.15, -0.1) is 0 Å². The Hall–Kier alpha value is -1.07. The third-order valence-corrected chi connectivity index (χ3v) is 2.81. The number of ether oxygens (including phenoxy) is 1. The molecule has 0 spiro atoms. The van der Waals surface area contributed by atoms with Gasteiger partial charge in [0.25, 0.3) is 10.1 Å². The predicted octanol–water partition coefficient (Wildman–Crippen LogP) is 1.50. The molecule has 5 heteroatoms. The van der Waals surface area contributed by atoms with Crippen molar-refractivity contribution < 1.29 is 17.7 Å². The topological polar surface area (TPSA) is 63.6 Å². The number of aryl methyl sites for hydroxylation is 1. The third kappa shape index (κ3) is 2.24. The first-order valence-electron chi connectivity index (χ1n) is 4.13. The van der Waals surface area contributed by atoms with Crippen molar-refractivity contribution in [3.8, 4) is 5.75 Å². The lowest BCUT2D eigenvalue weighted by molar-refractivity contribution is 0.397. The zero-order chi connectivity index (χ0) is 10.8. The first-order valence-corrected chi connectivity index (χ1v) is 5.57. The molecule has 0 fully saturated rings. The second-order valence-electron chi connectivity index (χ2n) is 2.81. The number of methoxy groups -OCH3 is 1. The molecule has 14 heavy (non-hydrogen) atoms. The smallest absolute Gasteiger partial charge is 0.298 e. The molecule has 1 aromatic rings. The Morgan fingerprint density at radius 3 is 2.50 bits per heavy atom. The van der Waals surface area contributed by atoms with E-state index in [2.05, 4.69) is 0 Å². The van der Waals surface area contributed by atoms with E-state index in [0.717, 1.165) is 12.0 Å². The third-order valence-electron chi connectivity index (χ3n) is 1.91. The number of hydrogen-bond acceptors (Lipinski definition) is 3. The van der Waals surface area contributed by atoms with Crippen LogP contribution < -0.4 is 4.74 Å². The fraction of sp³-hybridized carbons (Fsp3) is 0.333. The molecule has 0 aliphatic heterocycles. The maximum atomic E-state index is 10.9. The monoisotopic (exact) mass is 216 g/mol. The first kappa shape index (κ1) is 11.0. The average Bonchev–Trinajstić information content (AvgIpc) is 2.15. The molecule has 1 N–H and O–H groups in total. The molecule has 1 aromatic carbocycles.